The molecule has 3 saturated heterocycles. The number of hydrogen-bond donors (Lipinski definition) is 1. The summed E-state index contributed by atoms with van der Waals surface area (Å²) in [7, 11) is 0.719. The Kier molecular flexibility index (Phi) is 11.2. The van der Waals surface area contributed by atoms with Crippen molar-refractivity contribution >= 4 is 27.5 Å². The summed E-state index contributed by atoms with van der Waals surface area (Å²) in [5, 5.41) is 3.13. The molecule has 1 saturated carbocycles. The highest BCUT2D eigenvalue weighted by molar-refractivity contribution is 7.91. The van der Waals surface area contributed by atoms with Crippen molar-refractivity contribution in [1.29, 1.82) is 0 Å². The van der Waals surface area contributed by atoms with Gasteiger partial charge in [0.25, 0.3) is 5.91 Å². The molecular formula is C41H52F2N6O5S. The lowest BCUT2D eigenvalue weighted by Crippen LogP contribution is -2.65. The van der Waals surface area contributed by atoms with E-state index in [1.54, 1.807) is 38.4 Å². The molecule has 55 heavy (non-hydrogen) atoms. The molecular weight excluding hydrogens is 727 g/mol. The predicted molar refractivity (Wildman–Crippen MR) is 205 cm³/mol. The van der Waals surface area contributed by atoms with Crippen molar-refractivity contribution in [1.82, 2.24) is 25.0 Å². The van der Waals surface area contributed by atoms with E-state index in [-0.39, 0.29) is 63.6 Å². The Bertz CT molecular complexity index is 1950. The maximum atomic E-state index is 16.3. The number of alkyl halides is 1. The van der Waals surface area contributed by atoms with Gasteiger partial charge in [0.15, 0.2) is 5.67 Å². The summed E-state index contributed by atoms with van der Waals surface area (Å²) < 4.78 is 62.8. The number of halogens is 2. The number of alkyl carbamates (subject to hydrolysis) is 1. The van der Waals surface area contributed by atoms with E-state index >= 15 is 4.39 Å². The van der Waals surface area contributed by atoms with E-state index in [0.717, 1.165) is 82.5 Å². The SMILES string of the molecule is COC(=O)N[C@H]1CCC[C@@H]1[C@](CN1CCC1)(c1cccc(F)c1)C1CCN(CC2(F)CN(c3ccc(S(=O)(=O)c4ccc(C(=O)N(C)C)nc4)cc3)C2)CC1. The van der Waals surface area contributed by atoms with Gasteiger partial charge in [-0.1, -0.05) is 18.6 Å². The molecule has 2 aromatic carbocycles. The number of benzene rings is 2. The smallest absolute Gasteiger partial charge is 0.407 e. The Labute approximate surface area is 322 Å². The number of piperidine rings is 1. The summed E-state index contributed by atoms with van der Waals surface area (Å²) in [6.45, 7) is 4.96. The largest absolute Gasteiger partial charge is 0.453 e. The maximum absolute atomic E-state index is 16.3. The van der Waals surface area contributed by atoms with Gasteiger partial charge in [-0.2, -0.15) is 0 Å². The first-order valence-electron chi connectivity index (χ1n) is 19.3. The monoisotopic (exact) mass is 778 g/mol. The molecule has 0 unspecified atom stereocenters. The normalized spacial score (nSPS) is 23.0. The number of carbonyl (C=O) groups is 2. The molecule has 14 heteroatoms. The second-order valence-corrected chi connectivity index (χ2v) is 18.0. The number of methoxy groups -OCH3 is 1. The van der Waals surface area contributed by atoms with E-state index in [0.29, 0.717) is 6.54 Å². The van der Waals surface area contributed by atoms with Crippen molar-refractivity contribution in [2.75, 3.05) is 78.5 Å². The van der Waals surface area contributed by atoms with Gasteiger partial charge in [-0.25, -0.2) is 27.0 Å². The quantitative estimate of drug-likeness (QED) is 0.266. The molecule has 7 rings (SSSR count). The molecule has 0 spiro atoms. The van der Waals surface area contributed by atoms with E-state index in [9.17, 15) is 22.4 Å². The number of sulfone groups is 1. The molecule has 0 radical (unpaired) electrons. The Morgan fingerprint density at radius 2 is 1.65 bits per heavy atom. The topological polar surface area (TPSA) is 115 Å². The number of pyridine rings is 1. The third kappa shape index (κ3) is 7.95. The number of likely N-dealkylation sites (tertiary alicyclic amines) is 2. The van der Waals surface area contributed by atoms with E-state index in [1.165, 1.54) is 48.5 Å². The van der Waals surface area contributed by atoms with Crippen LogP contribution in [0.1, 0.15) is 54.6 Å². The van der Waals surface area contributed by atoms with Gasteiger partial charge >= 0.3 is 6.09 Å². The van der Waals surface area contributed by atoms with Crippen molar-refractivity contribution in [2.45, 2.75) is 65.4 Å². The highest BCUT2D eigenvalue weighted by atomic mass is 32.2. The third-order valence-corrected chi connectivity index (χ3v) is 14.2. The van der Waals surface area contributed by atoms with Gasteiger partial charge in [0.1, 0.15) is 11.5 Å². The summed E-state index contributed by atoms with van der Waals surface area (Å²) in [6, 6.07) is 16.2. The first-order chi connectivity index (χ1) is 26.3. The number of ether oxygens (including phenoxy) is 1. The van der Waals surface area contributed by atoms with Crippen LogP contribution in [0, 0.1) is 17.7 Å². The number of carbonyl (C=O) groups excluding carboxylic acids is 2. The number of amides is 2. The molecule has 4 aliphatic rings. The van der Waals surface area contributed by atoms with Crippen molar-refractivity contribution in [2.24, 2.45) is 11.8 Å². The summed E-state index contributed by atoms with van der Waals surface area (Å²) >= 11 is 0. The lowest BCUT2D eigenvalue weighted by molar-refractivity contribution is 0.00584. The fraction of sp³-hybridized carbons (Fsp3) is 0.537. The van der Waals surface area contributed by atoms with Crippen LogP contribution in [0.4, 0.5) is 19.3 Å². The number of nitrogens with zero attached hydrogens (tertiary/aromatic N) is 5. The van der Waals surface area contributed by atoms with Crippen molar-refractivity contribution in [3.8, 4) is 0 Å². The maximum Gasteiger partial charge on any atom is 0.407 e. The summed E-state index contributed by atoms with van der Waals surface area (Å²) in [4.78, 5) is 36.7. The van der Waals surface area contributed by atoms with Crippen LogP contribution in [0.2, 0.25) is 0 Å². The van der Waals surface area contributed by atoms with Crippen LogP contribution < -0.4 is 10.2 Å². The summed E-state index contributed by atoms with van der Waals surface area (Å²) in [5.41, 5.74) is 0.0917. The molecule has 296 valence electrons. The van der Waals surface area contributed by atoms with Crippen LogP contribution in [0.15, 0.2) is 76.7 Å². The molecule has 0 bridgehead atoms. The molecule has 3 atom stereocenters. The van der Waals surface area contributed by atoms with Crippen molar-refractivity contribution in [3.63, 3.8) is 0 Å². The Hall–Kier alpha value is -4.14. The zero-order valence-corrected chi connectivity index (χ0v) is 32.7. The van der Waals surface area contributed by atoms with Gasteiger partial charge in [0.05, 0.1) is 30.0 Å². The highest BCUT2D eigenvalue weighted by Crippen LogP contribution is 2.51. The second-order valence-electron chi connectivity index (χ2n) is 16.1. The zero-order valence-electron chi connectivity index (χ0n) is 31.9. The van der Waals surface area contributed by atoms with E-state index in [2.05, 4.69) is 26.2 Å². The molecule has 1 aromatic heterocycles. The molecule has 1 aliphatic carbocycles. The second kappa shape index (κ2) is 15.8. The van der Waals surface area contributed by atoms with Gasteiger partial charge in [-0.05, 0) is 124 Å². The minimum atomic E-state index is -3.86. The average Bonchev–Trinajstić information content (AvgIpc) is 3.62. The van der Waals surface area contributed by atoms with E-state index in [1.807, 2.05) is 4.90 Å². The highest BCUT2D eigenvalue weighted by Gasteiger charge is 2.54. The predicted octanol–water partition coefficient (Wildman–Crippen LogP) is 5.16. The molecule has 3 aliphatic heterocycles. The Balaban J connectivity index is 1.01. The molecule has 3 aromatic rings. The van der Waals surface area contributed by atoms with Crippen molar-refractivity contribution in [3.05, 3.63) is 83.9 Å². The summed E-state index contributed by atoms with van der Waals surface area (Å²) in [5.74, 6) is -0.255. The minimum Gasteiger partial charge on any atom is -0.453 e. The summed E-state index contributed by atoms with van der Waals surface area (Å²) in [6.07, 6.45) is 6.32. The first-order valence-corrected chi connectivity index (χ1v) is 20.8. The number of hydrogen-bond acceptors (Lipinski definition) is 9. The van der Waals surface area contributed by atoms with E-state index in [4.69, 9.17) is 4.74 Å². The zero-order chi connectivity index (χ0) is 39.0. The van der Waals surface area contributed by atoms with Crippen LogP contribution in [0.5, 0.6) is 0 Å². The van der Waals surface area contributed by atoms with Crippen LogP contribution in [-0.2, 0) is 20.0 Å². The van der Waals surface area contributed by atoms with Gasteiger partial charge in [0, 0.05) is 50.5 Å². The average molecular weight is 779 g/mol. The van der Waals surface area contributed by atoms with Gasteiger partial charge in [-0.3, -0.25) is 9.69 Å². The van der Waals surface area contributed by atoms with Crippen molar-refractivity contribution < 1.29 is 31.5 Å². The van der Waals surface area contributed by atoms with Gasteiger partial charge in [0.2, 0.25) is 9.84 Å². The first kappa shape index (κ1) is 39.1. The van der Waals surface area contributed by atoms with Crippen LogP contribution >= 0.6 is 0 Å². The molecule has 2 amide bonds. The minimum absolute atomic E-state index is 0.0132. The number of anilines is 1. The molecule has 1 N–H and O–H groups in total. The number of rotatable bonds is 12. The fourth-order valence-electron chi connectivity index (χ4n) is 9.53. The molecule has 11 nitrogen and oxygen atoms in total. The molecule has 4 fully saturated rings. The standard InChI is InChI=1S/C41H52F2N6O5S/c1-46(2)38(50)37-16-15-34(24-44-37)55(52,53)33-13-11-32(12-14-33)49-26-40(43,27-49)25-48-21-17-29(18-22-48)41(28-47-19-6-20-47,30-7-4-8-31(42)23-30)35-9-5-10-36(35)45-39(51)54-3/h4,7-8,11-16,23-24,29,35-36H,5-6,9-10,17-22,25-28H2,1-3H3,(H,45,51)/t35-,36-,41-/m0/s1. The molecule has 4 heterocycles. The lowest BCUT2D eigenvalue weighted by Gasteiger charge is -2.54. The number of nitrogens with one attached hydrogen (secondary N) is 1. The Morgan fingerprint density at radius 3 is 2.25 bits per heavy atom. The van der Waals surface area contributed by atoms with Gasteiger partial charge < -0.3 is 24.8 Å². The van der Waals surface area contributed by atoms with Crippen LogP contribution in [0.3, 0.4) is 0 Å². The van der Waals surface area contributed by atoms with Gasteiger partial charge in [-0.15, -0.1) is 0 Å². The number of aromatic nitrogens is 1. The van der Waals surface area contributed by atoms with E-state index < -0.39 is 21.6 Å². The van der Waals surface area contributed by atoms with Crippen LogP contribution in [0.25, 0.3) is 0 Å². The third-order valence-electron chi connectivity index (χ3n) is 12.4. The van der Waals surface area contributed by atoms with Crippen LogP contribution in [-0.4, -0.2) is 125 Å². The fourth-order valence-corrected chi connectivity index (χ4v) is 10.7. The Morgan fingerprint density at radius 1 is 0.945 bits per heavy atom. The lowest BCUT2D eigenvalue weighted by atomic mass is 9.57.